The van der Waals surface area contributed by atoms with Crippen LogP contribution in [0.1, 0.15) is 44.2 Å². The second-order valence-corrected chi connectivity index (χ2v) is 19.4. The van der Waals surface area contributed by atoms with Crippen molar-refractivity contribution in [2.75, 3.05) is 0 Å². The molecule has 4 nitrogen and oxygen atoms in total. The molecule has 0 aliphatic heterocycles. The second-order valence-electron chi connectivity index (χ2n) is 19.4. The Bertz CT molecular complexity index is 3910. The van der Waals surface area contributed by atoms with Crippen molar-refractivity contribution >= 4 is 21.8 Å². The predicted octanol–water partition coefficient (Wildman–Crippen LogP) is 16.8. The van der Waals surface area contributed by atoms with E-state index in [-0.39, 0.29) is 5.92 Å². The van der Waals surface area contributed by atoms with Gasteiger partial charge in [-0.15, -0.1) is 0 Å². The average Bonchev–Trinajstić information content (AvgIpc) is 3.92. The van der Waals surface area contributed by atoms with Crippen molar-refractivity contribution < 1.29 is 0 Å². The van der Waals surface area contributed by atoms with E-state index >= 15 is 0 Å². The van der Waals surface area contributed by atoms with Crippen molar-refractivity contribution in [3.63, 3.8) is 0 Å². The minimum Gasteiger partial charge on any atom is -0.309 e. The van der Waals surface area contributed by atoms with Crippen LogP contribution in [0.5, 0.6) is 0 Å². The zero-order valence-corrected chi connectivity index (χ0v) is 40.3. The highest BCUT2D eigenvalue weighted by molar-refractivity contribution is 6.10. The van der Waals surface area contributed by atoms with Gasteiger partial charge in [-0.3, -0.25) is 0 Å². The van der Waals surface area contributed by atoms with Crippen LogP contribution in [-0.4, -0.2) is 19.5 Å². The monoisotopic (exact) mass is 922 g/mol. The number of hydrogen-bond donors (Lipinski definition) is 0. The molecule has 8 aromatic carbocycles. The molecule has 0 fully saturated rings. The van der Waals surface area contributed by atoms with Gasteiger partial charge in [0.15, 0.2) is 17.5 Å². The molecule has 342 valence electrons. The zero-order chi connectivity index (χ0) is 48.2. The molecule has 0 bridgehead atoms. The fourth-order valence-electron chi connectivity index (χ4n) is 11.5. The highest BCUT2D eigenvalue weighted by Gasteiger charge is 2.50. The summed E-state index contributed by atoms with van der Waals surface area (Å²) in [6, 6.07) is 70.0. The maximum atomic E-state index is 5.11. The Morgan fingerprint density at radius 2 is 1.01 bits per heavy atom. The lowest BCUT2D eigenvalue weighted by atomic mass is 9.60. The van der Waals surface area contributed by atoms with Crippen molar-refractivity contribution in [2.24, 2.45) is 5.92 Å². The standard InChI is InChI=1S/C68H50N4/c1-45-17-12-13-24-54(35-29-45)68(55-36-30-46(2)31-37-55)61-43-51(49-22-16-23-53(41-49)67-70-65(47-18-6-3-7-19-47)69-66(71-67)48-20-8-4-9-21-48)32-38-57(61)58-39-33-52(44-62(58)68)50-34-40-64-60(42-50)59-27-14-15-28-63(59)72(64)56-25-10-5-11-26-56/h3-11,14-16,18-23,25-36,38-44,55H,17,24,37H2,1-2H3/b45-29-,54-35+. The van der Waals surface area contributed by atoms with Crippen LogP contribution in [0, 0.1) is 17.8 Å². The molecule has 3 aliphatic rings. The third-order valence-corrected chi connectivity index (χ3v) is 15.0. The number of fused-ring (bicyclic) bond motifs is 6. The molecule has 13 rings (SSSR count). The Balaban J connectivity index is 0.992. The predicted molar refractivity (Wildman–Crippen MR) is 297 cm³/mol. The zero-order valence-electron chi connectivity index (χ0n) is 40.3. The van der Waals surface area contributed by atoms with Crippen LogP contribution >= 0.6 is 0 Å². The van der Waals surface area contributed by atoms with Crippen LogP contribution < -0.4 is 0 Å². The number of para-hydroxylation sites is 2. The lowest BCUT2D eigenvalue weighted by Gasteiger charge is -2.41. The smallest absolute Gasteiger partial charge is 0.164 e. The van der Waals surface area contributed by atoms with Gasteiger partial charge >= 0.3 is 0 Å². The topological polar surface area (TPSA) is 43.6 Å². The Morgan fingerprint density at radius 3 is 1.68 bits per heavy atom. The number of rotatable bonds is 8. The quantitative estimate of drug-likeness (QED) is 0.143. The van der Waals surface area contributed by atoms with Gasteiger partial charge in [-0.25, -0.2) is 15.0 Å². The number of hydrogen-bond acceptors (Lipinski definition) is 3. The van der Waals surface area contributed by atoms with Crippen molar-refractivity contribution in [3.8, 4) is 85.1 Å². The summed E-state index contributed by atoms with van der Waals surface area (Å²) in [5.41, 5.74) is 19.6. The molecular formula is C68H50N4. The first-order valence-corrected chi connectivity index (χ1v) is 25.0. The molecule has 2 heterocycles. The van der Waals surface area contributed by atoms with Gasteiger partial charge in [0.05, 0.1) is 16.4 Å². The molecule has 10 aromatic rings. The molecule has 0 saturated carbocycles. The van der Waals surface area contributed by atoms with Crippen molar-refractivity contribution in [1.82, 2.24) is 19.5 Å². The molecule has 72 heavy (non-hydrogen) atoms. The minimum absolute atomic E-state index is 0.142. The first kappa shape index (κ1) is 43.1. The Labute approximate surface area is 421 Å². The average molecular weight is 923 g/mol. The molecule has 4 heteroatoms. The highest BCUT2D eigenvalue weighted by Crippen LogP contribution is 2.60. The van der Waals surface area contributed by atoms with Gasteiger partial charge in [0, 0.05) is 46.0 Å². The normalized spacial score (nSPS) is 18.4. The molecule has 0 amide bonds. The number of allylic oxidation sites excluding steroid dienone is 8. The summed E-state index contributed by atoms with van der Waals surface area (Å²) in [5, 5.41) is 2.49. The first-order valence-electron chi connectivity index (χ1n) is 25.0. The van der Waals surface area contributed by atoms with Gasteiger partial charge in [0.2, 0.25) is 0 Å². The second kappa shape index (κ2) is 17.8. The summed E-state index contributed by atoms with van der Waals surface area (Å²) in [6.07, 6.45) is 14.4. The fourth-order valence-corrected chi connectivity index (χ4v) is 11.5. The summed E-state index contributed by atoms with van der Waals surface area (Å²) < 4.78 is 2.39. The Morgan fingerprint density at radius 1 is 0.472 bits per heavy atom. The summed E-state index contributed by atoms with van der Waals surface area (Å²) in [4.78, 5) is 15.2. The van der Waals surface area contributed by atoms with E-state index in [0.717, 1.165) is 46.3 Å². The lowest BCUT2D eigenvalue weighted by molar-refractivity contribution is 0.442. The highest BCUT2D eigenvalue weighted by atomic mass is 15.0. The summed E-state index contributed by atoms with van der Waals surface area (Å²) in [6.45, 7) is 4.42. The number of aromatic nitrogens is 4. The van der Waals surface area contributed by atoms with Crippen LogP contribution in [0.3, 0.4) is 0 Å². The van der Waals surface area contributed by atoms with E-state index in [4.69, 9.17) is 15.0 Å². The van der Waals surface area contributed by atoms with E-state index < -0.39 is 5.41 Å². The van der Waals surface area contributed by atoms with Gasteiger partial charge in [-0.1, -0.05) is 199 Å². The van der Waals surface area contributed by atoms with E-state index in [1.807, 2.05) is 36.4 Å². The molecule has 3 aliphatic carbocycles. The molecule has 0 radical (unpaired) electrons. The maximum Gasteiger partial charge on any atom is 0.164 e. The molecule has 0 saturated heterocycles. The molecule has 2 aromatic heterocycles. The van der Waals surface area contributed by atoms with E-state index in [1.165, 1.54) is 71.9 Å². The maximum absolute atomic E-state index is 5.11. The molecule has 2 atom stereocenters. The SMILES string of the molecule is CC1=CCC(C2(/C3=C/C=C(/C)CC#CC3)c3cc(-c4cccc(-c5nc(-c6ccccc6)nc(-c6ccccc6)n5)c4)ccc3-c3ccc(-c4ccc5c(c4)c4ccccc4n5-c4ccccc4)cc32)C=C1. The summed E-state index contributed by atoms with van der Waals surface area (Å²) >= 11 is 0. The fraction of sp³-hybridized carbons (Fsp3) is 0.103. The van der Waals surface area contributed by atoms with Gasteiger partial charge in [0.1, 0.15) is 0 Å². The van der Waals surface area contributed by atoms with E-state index in [1.54, 1.807) is 0 Å². The molecule has 2 unspecified atom stereocenters. The first-order chi connectivity index (χ1) is 35.5. The van der Waals surface area contributed by atoms with Crippen LogP contribution in [0.15, 0.2) is 241 Å². The third-order valence-electron chi connectivity index (χ3n) is 15.0. The summed E-state index contributed by atoms with van der Waals surface area (Å²) in [5.74, 6) is 9.26. The van der Waals surface area contributed by atoms with Gasteiger partial charge in [-0.2, -0.15) is 0 Å². The minimum atomic E-state index is -0.512. The van der Waals surface area contributed by atoms with Gasteiger partial charge < -0.3 is 4.57 Å². The van der Waals surface area contributed by atoms with Crippen LogP contribution in [0.2, 0.25) is 0 Å². The Kier molecular flexibility index (Phi) is 10.7. The van der Waals surface area contributed by atoms with E-state index in [9.17, 15) is 0 Å². The molecule has 0 spiro atoms. The number of benzene rings is 8. The van der Waals surface area contributed by atoms with Crippen LogP contribution in [-0.2, 0) is 5.41 Å². The van der Waals surface area contributed by atoms with Crippen molar-refractivity contribution in [1.29, 1.82) is 0 Å². The van der Waals surface area contributed by atoms with Crippen molar-refractivity contribution in [2.45, 2.75) is 38.5 Å². The van der Waals surface area contributed by atoms with E-state index in [0.29, 0.717) is 23.9 Å². The number of nitrogens with zero attached hydrogens (tertiary/aromatic N) is 4. The molecular weight excluding hydrogens is 873 g/mol. The third kappa shape index (κ3) is 7.36. The Hall–Kier alpha value is -8.91. The lowest BCUT2D eigenvalue weighted by Crippen LogP contribution is -2.37. The van der Waals surface area contributed by atoms with Gasteiger partial charge in [0.25, 0.3) is 0 Å². The van der Waals surface area contributed by atoms with E-state index in [2.05, 4.69) is 218 Å². The van der Waals surface area contributed by atoms with Crippen molar-refractivity contribution in [3.05, 3.63) is 252 Å². The van der Waals surface area contributed by atoms with Gasteiger partial charge in [-0.05, 0) is 125 Å². The van der Waals surface area contributed by atoms with Crippen LogP contribution in [0.25, 0.3) is 95.0 Å². The molecule has 0 N–H and O–H groups in total. The van der Waals surface area contributed by atoms with Crippen LogP contribution in [0.4, 0.5) is 0 Å². The summed E-state index contributed by atoms with van der Waals surface area (Å²) in [7, 11) is 0. The largest absolute Gasteiger partial charge is 0.309 e.